The second-order valence-electron chi connectivity index (χ2n) is 12.6. The number of hydrogen-bond donors (Lipinski definition) is 1. The molecule has 0 amide bonds. The lowest BCUT2D eigenvalue weighted by Gasteiger charge is -2.20. The summed E-state index contributed by atoms with van der Waals surface area (Å²) in [6, 6.07) is 0.637. The van der Waals surface area contributed by atoms with Crippen molar-refractivity contribution in [3.8, 4) is 0 Å². The van der Waals surface area contributed by atoms with Crippen LogP contribution in [0.25, 0.3) is 0 Å². The van der Waals surface area contributed by atoms with E-state index in [1.54, 1.807) is 0 Å². The van der Waals surface area contributed by atoms with Gasteiger partial charge in [0.2, 0.25) is 0 Å². The zero-order valence-corrected chi connectivity index (χ0v) is 27.7. The molecule has 0 heterocycles. The van der Waals surface area contributed by atoms with Crippen molar-refractivity contribution in [2.24, 2.45) is 0 Å². The van der Waals surface area contributed by atoms with Gasteiger partial charge in [-0.15, -0.1) is 0 Å². The predicted octanol–water partition coefficient (Wildman–Crippen LogP) is 13.8. The first-order valence-corrected chi connectivity index (χ1v) is 18.3. The van der Waals surface area contributed by atoms with Crippen LogP contribution in [0.15, 0.2) is 24.4 Å². The van der Waals surface area contributed by atoms with E-state index in [1.807, 2.05) is 0 Å². The van der Waals surface area contributed by atoms with E-state index < -0.39 is 0 Å². The zero-order chi connectivity index (χ0) is 28.5. The summed E-state index contributed by atoms with van der Waals surface area (Å²) >= 11 is 0. The largest absolute Gasteiger partial charge is 0.386 e. The molecular weight excluding hydrogens is 470 g/mol. The van der Waals surface area contributed by atoms with E-state index in [2.05, 4.69) is 44.8 Å². The standard InChI is InChI=1S/C38H75N/c1-5-8-10-12-14-16-18-20-22-23-25-27-29-31-33-35-37(4)39-38(7-3)36-34-32-30-28-26-24-21-19-17-15-13-11-9-6-2/h20,22,38-39H,4-19,21,23-36H2,1-3H3/b22-20+. The summed E-state index contributed by atoms with van der Waals surface area (Å²) in [5.41, 5.74) is 1.28. The highest BCUT2D eigenvalue weighted by molar-refractivity contribution is 4.93. The van der Waals surface area contributed by atoms with Crippen molar-refractivity contribution < 1.29 is 0 Å². The molecule has 1 atom stereocenters. The molecule has 0 bridgehead atoms. The van der Waals surface area contributed by atoms with E-state index in [4.69, 9.17) is 0 Å². The molecule has 1 unspecified atom stereocenters. The molecular formula is C38H75N. The van der Waals surface area contributed by atoms with E-state index in [1.165, 1.54) is 192 Å². The molecule has 0 aromatic carbocycles. The highest BCUT2D eigenvalue weighted by Crippen LogP contribution is 2.16. The average molecular weight is 546 g/mol. The molecule has 0 saturated heterocycles. The van der Waals surface area contributed by atoms with Crippen molar-refractivity contribution in [3.63, 3.8) is 0 Å². The molecule has 1 nitrogen and oxygen atoms in total. The van der Waals surface area contributed by atoms with Gasteiger partial charge < -0.3 is 5.32 Å². The fraction of sp³-hybridized carbons (Fsp3) is 0.895. The van der Waals surface area contributed by atoms with Gasteiger partial charge in [-0.3, -0.25) is 0 Å². The quantitative estimate of drug-likeness (QED) is 0.0638. The van der Waals surface area contributed by atoms with Gasteiger partial charge in [0.05, 0.1) is 0 Å². The van der Waals surface area contributed by atoms with Gasteiger partial charge >= 0.3 is 0 Å². The van der Waals surface area contributed by atoms with Gasteiger partial charge in [-0.25, -0.2) is 0 Å². The van der Waals surface area contributed by atoms with E-state index in [-0.39, 0.29) is 0 Å². The first-order valence-electron chi connectivity index (χ1n) is 18.3. The number of unbranched alkanes of at least 4 members (excludes halogenated alkanes) is 24. The van der Waals surface area contributed by atoms with Crippen molar-refractivity contribution in [3.05, 3.63) is 24.4 Å². The molecule has 0 aliphatic heterocycles. The number of hydrogen-bond acceptors (Lipinski definition) is 1. The van der Waals surface area contributed by atoms with Crippen LogP contribution >= 0.6 is 0 Å². The van der Waals surface area contributed by atoms with Gasteiger partial charge in [-0.2, -0.15) is 0 Å². The molecule has 0 radical (unpaired) electrons. The molecule has 0 saturated carbocycles. The number of allylic oxidation sites excluding steroid dienone is 3. The maximum Gasteiger partial charge on any atom is 0.0255 e. The second kappa shape index (κ2) is 33.5. The number of nitrogens with one attached hydrogen (secondary N) is 1. The molecule has 0 fully saturated rings. The van der Waals surface area contributed by atoms with Crippen LogP contribution in [0.4, 0.5) is 0 Å². The maximum atomic E-state index is 4.34. The highest BCUT2D eigenvalue weighted by Gasteiger charge is 2.06. The second-order valence-corrected chi connectivity index (χ2v) is 12.6. The molecule has 0 aliphatic carbocycles. The van der Waals surface area contributed by atoms with E-state index >= 15 is 0 Å². The summed E-state index contributed by atoms with van der Waals surface area (Å²) < 4.78 is 0. The molecule has 1 N–H and O–H groups in total. The first kappa shape index (κ1) is 38.3. The smallest absolute Gasteiger partial charge is 0.0255 e. The molecule has 0 aromatic heterocycles. The normalized spacial score (nSPS) is 12.4. The fourth-order valence-electron chi connectivity index (χ4n) is 5.73. The van der Waals surface area contributed by atoms with Gasteiger partial charge in [-0.1, -0.05) is 181 Å². The van der Waals surface area contributed by atoms with Gasteiger partial charge in [-0.05, 0) is 51.4 Å². The monoisotopic (exact) mass is 546 g/mol. The van der Waals surface area contributed by atoms with Crippen LogP contribution in [0.2, 0.25) is 0 Å². The summed E-state index contributed by atoms with van der Waals surface area (Å²) in [5, 5.41) is 3.76. The summed E-state index contributed by atoms with van der Waals surface area (Å²) in [5.74, 6) is 0. The van der Waals surface area contributed by atoms with Crippen molar-refractivity contribution in [1.29, 1.82) is 0 Å². The topological polar surface area (TPSA) is 12.0 Å². The molecule has 39 heavy (non-hydrogen) atoms. The average Bonchev–Trinajstić information content (AvgIpc) is 2.94. The van der Waals surface area contributed by atoms with Crippen LogP contribution in [0.1, 0.15) is 213 Å². The van der Waals surface area contributed by atoms with Crippen molar-refractivity contribution in [1.82, 2.24) is 5.32 Å². The van der Waals surface area contributed by atoms with Gasteiger partial charge in [0.15, 0.2) is 0 Å². The molecule has 0 aromatic rings. The molecule has 0 aliphatic rings. The van der Waals surface area contributed by atoms with E-state index in [9.17, 15) is 0 Å². The minimum Gasteiger partial charge on any atom is -0.386 e. The Labute approximate surface area is 248 Å². The van der Waals surface area contributed by atoms with Crippen molar-refractivity contribution >= 4 is 0 Å². The lowest BCUT2D eigenvalue weighted by Crippen LogP contribution is -2.27. The van der Waals surface area contributed by atoms with Crippen LogP contribution < -0.4 is 5.32 Å². The Morgan fingerprint density at radius 1 is 0.487 bits per heavy atom. The molecule has 0 rings (SSSR count). The summed E-state index contributed by atoms with van der Waals surface area (Å²) in [4.78, 5) is 0. The molecule has 1 heteroatoms. The first-order chi connectivity index (χ1) is 19.2. The summed E-state index contributed by atoms with van der Waals surface area (Å²) in [6.07, 6.45) is 46.6. The minimum atomic E-state index is 0.637. The van der Waals surface area contributed by atoms with Gasteiger partial charge in [0.25, 0.3) is 0 Å². The van der Waals surface area contributed by atoms with E-state index in [0.29, 0.717) is 6.04 Å². The maximum absolute atomic E-state index is 4.34. The van der Waals surface area contributed by atoms with Crippen LogP contribution in [0, 0.1) is 0 Å². The Bertz CT molecular complexity index is 493. The van der Waals surface area contributed by atoms with Crippen LogP contribution in [0.5, 0.6) is 0 Å². The Morgan fingerprint density at radius 2 is 0.846 bits per heavy atom. The fourth-order valence-corrected chi connectivity index (χ4v) is 5.73. The van der Waals surface area contributed by atoms with Crippen LogP contribution in [0.3, 0.4) is 0 Å². The Morgan fingerprint density at radius 3 is 1.26 bits per heavy atom. The Kier molecular flexibility index (Phi) is 32.9. The third kappa shape index (κ3) is 31.7. The van der Waals surface area contributed by atoms with Gasteiger partial charge in [0, 0.05) is 11.7 Å². The lowest BCUT2D eigenvalue weighted by atomic mass is 10.0. The molecule has 0 spiro atoms. The summed E-state index contributed by atoms with van der Waals surface area (Å²) in [6.45, 7) is 11.3. The van der Waals surface area contributed by atoms with Crippen LogP contribution in [-0.2, 0) is 0 Å². The predicted molar refractivity (Wildman–Crippen MR) is 181 cm³/mol. The number of rotatable bonds is 33. The lowest BCUT2D eigenvalue weighted by molar-refractivity contribution is 0.462. The van der Waals surface area contributed by atoms with Crippen molar-refractivity contribution in [2.75, 3.05) is 0 Å². The van der Waals surface area contributed by atoms with Crippen LogP contribution in [-0.4, -0.2) is 6.04 Å². The van der Waals surface area contributed by atoms with Crippen molar-refractivity contribution in [2.45, 2.75) is 219 Å². The van der Waals surface area contributed by atoms with Gasteiger partial charge in [0.1, 0.15) is 0 Å². The molecule has 232 valence electrons. The van der Waals surface area contributed by atoms with E-state index in [0.717, 1.165) is 6.42 Å². The third-order valence-corrected chi connectivity index (χ3v) is 8.55. The zero-order valence-electron chi connectivity index (χ0n) is 27.7. The minimum absolute atomic E-state index is 0.637. The Balaban J connectivity index is 3.44. The third-order valence-electron chi connectivity index (χ3n) is 8.55. The Hall–Kier alpha value is -0.720. The summed E-state index contributed by atoms with van der Waals surface area (Å²) in [7, 11) is 0. The highest BCUT2D eigenvalue weighted by atomic mass is 14.9. The SMILES string of the molecule is C=C(CCCCCCC/C=C/CCCCCCCC)NC(CC)CCCCCCCCCCCCCCCC.